The molecule has 5 aliphatic rings. The summed E-state index contributed by atoms with van der Waals surface area (Å²) >= 11 is 0. The summed E-state index contributed by atoms with van der Waals surface area (Å²) in [6, 6.07) is -0.0404. The minimum Gasteiger partial charge on any atom is -0.451 e. The van der Waals surface area contributed by atoms with Gasteiger partial charge in [0.25, 0.3) is 5.91 Å². The largest absolute Gasteiger partial charge is 0.451 e. The first-order valence-electron chi connectivity index (χ1n) is 10.8. The summed E-state index contributed by atoms with van der Waals surface area (Å²) in [5, 5.41) is 0.144. The third kappa shape index (κ3) is 1.96. The highest BCUT2D eigenvalue weighted by molar-refractivity contribution is 6.74. The lowest BCUT2D eigenvalue weighted by atomic mass is 9.44. The van der Waals surface area contributed by atoms with Gasteiger partial charge in [-0.3, -0.25) is 9.59 Å². The Labute approximate surface area is 168 Å². The quantitative estimate of drug-likeness (QED) is 0.401. The number of amides is 1. The molecule has 3 aliphatic heterocycles. The number of hydrogen-bond acceptors (Lipinski definition) is 4. The summed E-state index contributed by atoms with van der Waals surface area (Å²) < 4.78 is 12.7. The molecule has 3 heterocycles. The van der Waals surface area contributed by atoms with Crippen LogP contribution >= 0.6 is 0 Å². The Balaban J connectivity index is 1.54. The number of carbonyl (C=O) groups excluding carboxylic acids is 2. The maximum absolute atomic E-state index is 13.3. The lowest BCUT2D eigenvalue weighted by Crippen LogP contribution is -2.71. The number of ether oxygens (including phenoxy) is 1. The molecular formula is C22H33NO4Si. The molecular weight excluding hydrogens is 370 g/mol. The van der Waals surface area contributed by atoms with E-state index in [0.29, 0.717) is 6.54 Å². The van der Waals surface area contributed by atoms with Crippen molar-refractivity contribution >= 4 is 20.2 Å². The SMILES string of the molecule is C=C1CN2C(=O)[C@H]3OC(=O)[C@]45CC[C@H](O[Si](C)(C)C(C)(C)C)C[C@]34CC[C@H]1[C@H]25. The van der Waals surface area contributed by atoms with Crippen LogP contribution in [0.15, 0.2) is 12.2 Å². The molecule has 4 bridgehead atoms. The van der Waals surface area contributed by atoms with E-state index in [0.717, 1.165) is 37.7 Å². The maximum atomic E-state index is 13.3. The molecule has 154 valence electrons. The van der Waals surface area contributed by atoms with Gasteiger partial charge in [0.15, 0.2) is 14.4 Å². The average Bonchev–Trinajstić information content (AvgIpc) is 3.04. The van der Waals surface area contributed by atoms with Gasteiger partial charge >= 0.3 is 5.97 Å². The lowest BCUT2D eigenvalue weighted by molar-refractivity contribution is -0.184. The summed E-state index contributed by atoms with van der Waals surface area (Å²) in [6.07, 6.45) is 3.83. The van der Waals surface area contributed by atoms with Crippen LogP contribution in [0.4, 0.5) is 0 Å². The number of rotatable bonds is 2. The van der Waals surface area contributed by atoms with Gasteiger partial charge in [0.05, 0.1) is 11.5 Å². The van der Waals surface area contributed by atoms with Gasteiger partial charge in [-0.15, -0.1) is 0 Å². The van der Waals surface area contributed by atoms with E-state index in [1.807, 2.05) is 4.90 Å². The van der Waals surface area contributed by atoms with Gasteiger partial charge in [0.2, 0.25) is 0 Å². The Hall–Kier alpha value is -1.14. The number of esters is 1. The third-order valence-electron chi connectivity index (χ3n) is 9.23. The molecule has 0 unspecified atom stereocenters. The Morgan fingerprint density at radius 1 is 1.21 bits per heavy atom. The molecule has 6 atom stereocenters. The monoisotopic (exact) mass is 403 g/mol. The Morgan fingerprint density at radius 3 is 2.61 bits per heavy atom. The molecule has 0 spiro atoms. The smallest absolute Gasteiger partial charge is 0.315 e. The summed E-state index contributed by atoms with van der Waals surface area (Å²) in [4.78, 5) is 28.5. The first-order valence-corrected chi connectivity index (χ1v) is 13.7. The zero-order chi connectivity index (χ0) is 20.3. The van der Waals surface area contributed by atoms with Crippen LogP contribution < -0.4 is 0 Å². The van der Waals surface area contributed by atoms with E-state index in [2.05, 4.69) is 40.4 Å². The van der Waals surface area contributed by atoms with E-state index in [4.69, 9.17) is 9.16 Å². The number of nitrogens with zero attached hydrogens (tertiary/aromatic N) is 1. The van der Waals surface area contributed by atoms with Crippen molar-refractivity contribution in [1.82, 2.24) is 4.90 Å². The maximum Gasteiger partial charge on any atom is 0.315 e. The predicted octanol–water partition coefficient (Wildman–Crippen LogP) is 3.65. The van der Waals surface area contributed by atoms with Crippen molar-refractivity contribution in [3.63, 3.8) is 0 Å². The van der Waals surface area contributed by atoms with Crippen molar-refractivity contribution < 1.29 is 18.8 Å². The molecule has 0 N–H and O–H groups in total. The fraction of sp³-hybridized carbons (Fsp3) is 0.818. The minimum absolute atomic E-state index is 0.0165. The topological polar surface area (TPSA) is 55.8 Å². The van der Waals surface area contributed by atoms with E-state index < -0.39 is 19.8 Å². The fourth-order valence-corrected chi connectivity index (χ4v) is 8.31. The van der Waals surface area contributed by atoms with Crippen molar-refractivity contribution in [3.8, 4) is 0 Å². The second kappa shape index (κ2) is 5.31. The second-order valence-electron chi connectivity index (χ2n) is 11.4. The average molecular weight is 404 g/mol. The number of carbonyl (C=O) groups is 2. The minimum atomic E-state index is -1.91. The van der Waals surface area contributed by atoms with Gasteiger partial charge in [0.1, 0.15) is 0 Å². The van der Waals surface area contributed by atoms with Crippen LogP contribution in [0.2, 0.25) is 18.1 Å². The molecule has 5 rings (SSSR count). The number of piperidine rings is 1. The molecule has 0 aromatic heterocycles. The molecule has 5 fully saturated rings. The van der Waals surface area contributed by atoms with E-state index in [-0.39, 0.29) is 40.4 Å². The highest BCUT2D eigenvalue weighted by Gasteiger charge is 2.81. The number of hydrogen-bond donors (Lipinski definition) is 0. The first kappa shape index (κ1) is 18.9. The zero-order valence-electron chi connectivity index (χ0n) is 17.8. The second-order valence-corrected chi connectivity index (χ2v) is 16.1. The summed E-state index contributed by atoms with van der Waals surface area (Å²) in [6.45, 7) is 16.2. The fourth-order valence-electron chi connectivity index (χ4n) is 6.92. The third-order valence-corrected chi connectivity index (χ3v) is 13.8. The zero-order valence-corrected chi connectivity index (χ0v) is 18.8. The first-order chi connectivity index (χ1) is 12.9. The van der Waals surface area contributed by atoms with Crippen molar-refractivity contribution in [2.24, 2.45) is 16.7 Å². The van der Waals surface area contributed by atoms with Gasteiger partial charge in [-0.25, -0.2) is 0 Å². The van der Waals surface area contributed by atoms with Crippen molar-refractivity contribution in [3.05, 3.63) is 12.2 Å². The van der Waals surface area contributed by atoms with Crippen molar-refractivity contribution in [1.29, 1.82) is 0 Å². The Kier molecular flexibility index (Phi) is 3.58. The molecule has 28 heavy (non-hydrogen) atoms. The van der Waals surface area contributed by atoms with Crippen LogP contribution in [-0.2, 0) is 18.8 Å². The Bertz CT molecular complexity index is 786. The van der Waals surface area contributed by atoms with Crippen molar-refractivity contribution in [2.45, 2.75) is 89.3 Å². The molecule has 0 aromatic carbocycles. The van der Waals surface area contributed by atoms with Crippen LogP contribution in [0.1, 0.15) is 52.9 Å². The van der Waals surface area contributed by atoms with E-state index in [1.165, 1.54) is 0 Å². The molecule has 2 aliphatic carbocycles. The van der Waals surface area contributed by atoms with Crippen LogP contribution in [0.3, 0.4) is 0 Å². The molecule has 0 radical (unpaired) electrons. The summed E-state index contributed by atoms with van der Waals surface area (Å²) in [5.41, 5.74) is 0.206. The van der Waals surface area contributed by atoms with Crippen LogP contribution in [0.5, 0.6) is 0 Å². The standard InChI is InChI=1S/C22H33NO4Si/c1-13-12-23-16-15(13)8-9-21-11-14(27-28(5,6)20(2,3)4)7-10-22(16,21)19(25)26-17(21)18(23)24/h14-17H,1,7-12H2,2-6H3/t14-,15+,16-,17+,21+,22+/m0/s1. The highest BCUT2D eigenvalue weighted by Crippen LogP contribution is 2.72. The van der Waals surface area contributed by atoms with Gasteiger partial charge < -0.3 is 14.1 Å². The molecule has 0 aromatic rings. The summed E-state index contributed by atoms with van der Waals surface area (Å²) in [5.74, 6) is 0.146. The van der Waals surface area contributed by atoms with Crippen LogP contribution in [0.25, 0.3) is 0 Å². The molecule has 6 heteroatoms. The summed E-state index contributed by atoms with van der Waals surface area (Å²) in [7, 11) is -1.91. The van der Waals surface area contributed by atoms with E-state index >= 15 is 0 Å². The van der Waals surface area contributed by atoms with Gasteiger partial charge in [-0.1, -0.05) is 32.9 Å². The normalized spacial score (nSPS) is 44.6. The van der Waals surface area contributed by atoms with E-state index in [9.17, 15) is 9.59 Å². The van der Waals surface area contributed by atoms with E-state index in [1.54, 1.807) is 0 Å². The van der Waals surface area contributed by atoms with Crippen LogP contribution in [-0.4, -0.2) is 49.9 Å². The lowest BCUT2D eigenvalue weighted by Gasteiger charge is -2.61. The van der Waals surface area contributed by atoms with Gasteiger partial charge in [0, 0.05) is 24.0 Å². The Morgan fingerprint density at radius 2 is 1.93 bits per heavy atom. The highest BCUT2D eigenvalue weighted by atomic mass is 28.4. The van der Waals surface area contributed by atoms with Crippen LogP contribution in [0, 0.1) is 16.7 Å². The van der Waals surface area contributed by atoms with Gasteiger partial charge in [-0.05, 0) is 50.2 Å². The predicted molar refractivity (Wildman–Crippen MR) is 108 cm³/mol. The molecule has 2 saturated carbocycles. The van der Waals surface area contributed by atoms with Crippen molar-refractivity contribution in [2.75, 3.05) is 6.54 Å². The molecule has 1 amide bonds. The molecule has 5 nitrogen and oxygen atoms in total. The van der Waals surface area contributed by atoms with Gasteiger partial charge in [-0.2, -0.15) is 0 Å². The molecule has 3 saturated heterocycles.